The normalized spacial score (nSPS) is 10.9. The van der Waals surface area contributed by atoms with Gasteiger partial charge in [0.25, 0.3) is 5.91 Å². The van der Waals surface area contributed by atoms with E-state index in [2.05, 4.69) is 20.7 Å². The summed E-state index contributed by atoms with van der Waals surface area (Å²) in [5, 5.41) is 12.3. The molecule has 3 aromatic rings. The number of hydrogen-bond donors (Lipinski definition) is 1. The summed E-state index contributed by atoms with van der Waals surface area (Å²) in [6.07, 6.45) is 0. The molecule has 1 amide bonds. The number of halogens is 1. The van der Waals surface area contributed by atoms with E-state index in [1.54, 1.807) is 12.3 Å². The standard InChI is InChI=1S/C16H16ClN5O2S2/c1-3-24-21-15(23)13-8-25-14(18-13)9-26-16-20-19-10(2)22(16)12-6-4-5-11(17)7-12/h4-8H,3,9H2,1-2H3,(H,21,23). The Balaban J connectivity index is 1.71. The molecule has 1 aromatic carbocycles. The predicted octanol–water partition coefficient (Wildman–Crippen LogP) is 3.66. The van der Waals surface area contributed by atoms with Crippen molar-refractivity contribution in [2.24, 2.45) is 0 Å². The number of nitrogens with zero attached hydrogens (tertiary/aromatic N) is 4. The fraction of sp³-hybridized carbons (Fsp3) is 0.250. The highest BCUT2D eigenvalue weighted by molar-refractivity contribution is 7.98. The number of amides is 1. The second-order valence-electron chi connectivity index (χ2n) is 5.12. The summed E-state index contributed by atoms with van der Waals surface area (Å²) in [4.78, 5) is 21.0. The third-order valence-electron chi connectivity index (χ3n) is 3.28. The number of rotatable bonds is 7. The van der Waals surface area contributed by atoms with Crippen LogP contribution in [-0.4, -0.2) is 32.3 Å². The fourth-order valence-electron chi connectivity index (χ4n) is 2.15. The Kier molecular flexibility index (Phi) is 6.25. The number of hydroxylamine groups is 1. The minimum absolute atomic E-state index is 0.339. The lowest BCUT2D eigenvalue weighted by molar-refractivity contribution is 0.0360. The number of aromatic nitrogens is 4. The first-order chi connectivity index (χ1) is 12.6. The summed E-state index contributed by atoms with van der Waals surface area (Å²) in [6.45, 7) is 4.08. The molecule has 0 aliphatic heterocycles. The van der Waals surface area contributed by atoms with Gasteiger partial charge in [-0.15, -0.1) is 21.5 Å². The van der Waals surface area contributed by atoms with E-state index < -0.39 is 0 Å². The van der Waals surface area contributed by atoms with Crippen LogP contribution in [0.4, 0.5) is 0 Å². The molecule has 0 atom stereocenters. The molecule has 0 saturated carbocycles. The maximum Gasteiger partial charge on any atom is 0.294 e. The Labute approximate surface area is 163 Å². The zero-order valence-corrected chi connectivity index (χ0v) is 16.5. The van der Waals surface area contributed by atoms with E-state index in [9.17, 15) is 4.79 Å². The Morgan fingerprint density at radius 2 is 2.27 bits per heavy atom. The molecule has 1 N–H and O–H groups in total. The van der Waals surface area contributed by atoms with Crippen LogP contribution in [0.2, 0.25) is 5.02 Å². The molecular weight excluding hydrogens is 394 g/mol. The Bertz CT molecular complexity index is 912. The number of carbonyl (C=O) groups excluding carboxylic acids is 1. The molecule has 10 heteroatoms. The van der Waals surface area contributed by atoms with E-state index in [4.69, 9.17) is 16.4 Å². The highest BCUT2D eigenvalue weighted by Crippen LogP contribution is 2.27. The van der Waals surface area contributed by atoms with Gasteiger partial charge in [0.2, 0.25) is 0 Å². The summed E-state index contributed by atoms with van der Waals surface area (Å²) in [5.74, 6) is 0.994. The molecule has 136 valence electrons. The van der Waals surface area contributed by atoms with E-state index in [1.807, 2.05) is 35.8 Å². The number of hydrogen-bond acceptors (Lipinski definition) is 7. The lowest BCUT2D eigenvalue weighted by Gasteiger charge is -2.08. The van der Waals surface area contributed by atoms with Crippen molar-refractivity contribution in [1.29, 1.82) is 0 Å². The minimum Gasteiger partial charge on any atom is -0.274 e. The summed E-state index contributed by atoms with van der Waals surface area (Å²) in [6, 6.07) is 7.52. The van der Waals surface area contributed by atoms with Crippen molar-refractivity contribution in [3.8, 4) is 5.69 Å². The molecule has 2 aromatic heterocycles. The molecule has 0 spiro atoms. The smallest absolute Gasteiger partial charge is 0.274 e. The molecule has 3 rings (SSSR count). The van der Waals surface area contributed by atoms with Crippen LogP contribution in [0.15, 0.2) is 34.8 Å². The molecule has 7 nitrogen and oxygen atoms in total. The Hall–Kier alpha value is -1.94. The number of aryl methyl sites for hydroxylation is 1. The first-order valence-electron chi connectivity index (χ1n) is 7.75. The average Bonchev–Trinajstić information content (AvgIpc) is 3.24. The van der Waals surface area contributed by atoms with Gasteiger partial charge in [0, 0.05) is 10.4 Å². The number of thiazole rings is 1. The molecule has 26 heavy (non-hydrogen) atoms. The van der Waals surface area contributed by atoms with Gasteiger partial charge in [-0.1, -0.05) is 29.4 Å². The second-order valence-corrected chi connectivity index (χ2v) is 7.45. The number of benzene rings is 1. The predicted molar refractivity (Wildman–Crippen MR) is 102 cm³/mol. The highest BCUT2D eigenvalue weighted by atomic mass is 35.5. The van der Waals surface area contributed by atoms with Gasteiger partial charge < -0.3 is 0 Å². The molecule has 0 fully saturated rings. The van der Waals surface area contributed by atoms with Crippen molar-refractivity contribution < 1.29 is 9.63 Å². The largest absolute Gasteiger partial charge is 0.294 e. The van der Waals surface area contributed by atoms with Gasteiger partial charge in [-0.05, 0) is 32.0 Å². The van der Waals surface area contributed by atoms with Crippen molar-refractivity contribution in [3.05, 3.63) is 51.2 Å². The zero-order chi connectivity index (χ0) is 18.5. The second kappa shape index (κ2) is 8.63. The average molecular weight is 410 g/mol. The van der Waals surface area contributed by atoms with Crippen LogP contribution in [0.5, 0.6) is 0 Å². The van der Waals surface area contributed by atoms with Crippen LogP contribution in [0.1, 0.15) is 28.2 Å². The third kappa shape index (κ3) is 4.42. The summed E-state index contributed by atoms with van der Waals surface area (Å²) in [7, 11) is 0. The van der Waals surface area contributed by atoms with Crippen LogP contribution in [0.3, 0.4) is 0 Å². The highest BCUT2D eigenvalue weighted by Gasteiger charge is 2.15. The van der Waals surface area contributed by atoms with Crippen LogP contribution in [0, 0.1) is 6.92 Å². The van der Waals surface area contributed by atoms with Gasteiger partial charge in [-0.2, -0.15) is 0 Å². The molecule has 0 unspecified atom stereocenters. The lowest BCUT2D eigenvalue weighted by atomic mass is 10.3. The van der Waals surface area contributed by atoms with Crippen LogP contribution < -0.4 is 5.48 Å². The van der Waals surface area contributed by atoms with E-state index in [-0.39, 0.29) is 5.91 Å². The zero-order valence-electron chi connectivity index (χ0n) is 14.1. The third-order valence-corrected chi connectivity index (χ3v) is 5.49. The van der Waals surface area contributed by atoms with E-state index in [1.165, 1.54) is 23.1 Å². The van der Waals surface area contributed by atoms with Gasteiger partial charge in [-0.25, -0.2) is 10.5 Å². The SMILES string of the molecule is CCONC(=O)c1csc(CSc2nnc(C)n2-c2cccc(Cl)c2)n1. The molecule has 2 heterocycles. The molecular formula is C16H16ClN5O2S2. The van der Waals surface area contributed by atoms with Crippen molar-refractivity contribution in [3.63, 3.8) is 0 Å². The van der Waals surface area contributed by atoms with Gasteiger partial charge >= 0.3 is 0 Å². The summed E-state index contributed by atoms with van der Waals surface area (Å²) in [5.41, 5.74) is 3.58. The minimum atomic E-state index is -0.350. The lowest BCUT2D eigenvalue weighted by Crippen LogP contribution is -2.23. The molecule has 0 aliphatic carbocycles. The van der Waals surface area contributed by atoms with E-state index >= 15 is 0 Å². The summed E-state index contributed by atoms with van der Waals surface area (Å²) < 4.78 is 1.94. The van der Waals surface area contributed by atoms with Crippen molar-refractivity contribution in [2.45, 2.75) is 24.8 Å². The first-order valence-corrected chi connectivity index (χ1v) is 10.00. The topological polar surface area (TPSA) is 81.9 Å². The number of carbonyl (C=O) groups is 1. The first kappa shape index (κ1) is 18.8. The molecule has 0 aliphatic rings. The maximum atomic E-state index is 11.8. The maximum absolute atomic E-state index is 11.8. The van der Waals surface area contributed by atoms with Crippen molar-refractivity contribution in [1.82, 2.24) is 25.2 Å². The van der Waals surface area contributed by atoms with Crippen molar-refractivity contribution in [2.75, 3.05) is 6.61 Å². The van der Waals surface area contributed by atoms with Gasteiger partial charge in [0.05, 0.1) is 18.0 Å². The van der Waals surface area contributed by atoms with Gasteiger partial charge in [0.15, 0.2) is 5.16 Å². The van der Waals surface area contributed by atoms with E-state index in [0.29, 0.717) is 23.1 Å². The number of thioether (sulfide) groups is 1. The monoisotopic (exact) mass is 409 g/mol. The van der Waals surface area contributed by atoms with Crippen LogP contribution in [-0.2, 0) is 10.6 Å². The van der Waals surface area contributed by atoms with Gasteiger partial charge in [-0.3, -0.25) is 14.2 Å². The van der Waals surface area contributed by atoms with Crippen molar-refractivity contribution >= 4 is 40.6 Å². The molecule has 0 radical (unpaired) electrons. The number of nitrogens with one attached hydrogen (secondary N) is 1. The van der Waals surface area contributed by atoms with E-state index in [0.717, 1.165) is 21.7 Å². The molecule has 0 saturated heterocycles. The fourth-order valence-corrected chi connectivity index (χ4v) is 4.12. The van der Waals surface area contributed by atoms with Crippen LogP contribution in [0.25, 0.3) is 5.69 Å². The Morgan fingerprint density at radius 1 is 1.42 bits per heavy atom. The summed E-state index contributed by atoms with van der Waals surface area (Å²) >= 11 is 9.00. The van der Waals surface area contributed by atoms with Gasteiger partial charge in [0.1, 0.15) is 16.5 Å². The molecule has 0 bridgehead atoms. The Morgan fingerprint density at radius 3 is 3.04 bits per heavy atom. The van der Waals surface area contributed by atoms with Crippen LogP contribution >= 0.6 is 34.7 Å². The quantitative estimate of drug-likeness (QED) is 0.473.